The molecule has 1 unspecified atom stereocenters. The first-order valence-corrected chi connectivity index (χ1v) is 8.40. The van der Waals surface area contributed by atoms with E-state index in [9.17, 15) is 4.79 Å². The average Bonchev–Trinajstić information content (AvgIpc) is 3.27. The van der Waals surface area contributed by atoms with Crippen LogP contribution in [-0.2, 0) is 0 Å². The number of rotatable bonds is 6. The predicted molar refractivity (Wildman–Crippen MR) is 92.3 cm³/mol. The van der Waals surface area contributed by atoms with Gasteiger partial charge in [0.15, 0.2) is 5.76 Å². The number of amides is 1. The number of carbonyl (C=O) groups excluding carboxylic acids is 1. The minimum atomic E-state index is -0.179. The lowest BCUT2D eigenvalue weighted by Crippen LogP contribution is -2.36. The van der Waals surface area contributed by atoms with Crippen molar-refractivity contribution in [1.82, 2.24) is 10.2 Å². The Kier molecular flexibility index (Phi) is 5.20. The minimum Gasteiger partial charge on any atom is -0.496 e. The largest absolute Gasteiger partial charge is 0.496 e. The Balaban J connectivity index is 1.76. The molecule has 1 aliphatic rings. The fourth-order valence-corrected chi connectivity index (χ4v) is 3.26. The average molecular weight is 328 g/mol. The van der Waals surface area contributed by atoms with Crippen molar-refractivity contribution in [2.24, 2.45) is 0 Å². The Hall–Kier alpha value is -2.27. The topological polar surface area (TPSA) is 54.7 Å². The molecule has 0 spiro atoms. The van der Waals surface area contributed by atoms with Gasteiger partial charge in [-0.2, -0.15) is 0 Å². The van der Waals surface area contributed by atoms with Gasteiger partial charge in [-0.25, -0.2) is 0 Å². The van der Waals surface area contributed by atoms with E-state index in [0.717, 1.165) is 30.2 Å². The highest BCUT2D eigenvalue weighted by Crippen LogP contribution is 2.31. The van der Waals surface area contributed by atoms with Crippen molar-refractivity contribution in [3.05, 3.63) is 53.5 Å². The molecule has 2 heterocycles. The zero-order chi connectivity index (χ0) is 16.9. The van der Waals surface area contributed by atoms with Crippen molar-refractivity contribution in [2.75, 3.05) is 26.7 Å². The molecule has 0 bridgehead atoms. The normalized spacial score (nSPS) is 16.1. The summed E-state index contributed by atoms with van der Waals surface area (Å²) in [7, 11) is 1.68. The Morgan fingerprint density at radius 2 is 2.00 bits per heavy atom. The molecule has 5 heteroatoms. The molecule has 1 saturated heterocycles. The smallest absolute Gasteiger partial charge is 0.287 e. The van der Waals surface area contributed by atoms with Gasteiger partial charge in [0.1, 0.15) is 11.5 Å². The highest BCUT2D eigenvalue weighted by atomic mass is 16.5. The van der Waals surface area contributed by atoms with Crippen LogP contribution in [-0.4, -0.2) is 37.6 Å². The molecule has 0 saturated carbocycles. The van der Waals surface area contributed by atoms with Crippen molar-refractivity contribution < 1.29 is 13.9 Å². The van der Waals surface area contributed by atoms with Crippen LogP contribution in [0, 0.1) is 6.92 Å². The van der Waals surface area contributed by atoms with Crippen LogP contribution in [0.1, 0.15) is 40.8 Å². The lowest BCUT2D eigenvalue weighted by molar-refractivity contribution is 0.0908. The van der Waals surface area contributed by atoms with Crippen LogP contribution in [0.15, 0.2) is 40.8 Å². The predicted octanol–water partition coefficient (Wildman–Crippen LogP) is 3.16. The van der Waals surface area contributed by atoms with E-state index >= 15 is 0 Å². The number of methoxy groups -OCH3 is 1. The van der Waals surface area contributed by atoms with Crippen LogP contribution in [0.5, 0.6) is 5.75 Å². The molecular formula is C19H24N2O3. The van der Waals surface area contributed by atoms with Crippen molar-refractivity contribution in [3.8, 4) is 5.75 Å². The van der Waals surface area contributed by atoms with E-state index in [1.165, 1.54) is 12.8 Å². The Morgan fingerprint density at radius 1 is 1.25 bits per heavy atom. The molecule has 1 aliphatic heterocycles. The van der Waals surface area contributed by atoms with Crippen molar-refractivity contribution in [2.45, 2.75) is 25.8 Å². The summed E-state index contributed by atoms with van der Waals surface area (Å²) in [5.41, 5.74) is 1.11. The molecule has 0 radical (unpaired) electrons. The quantitative estimate of drug-likeness (QED) is 0.885. The molecule has 1 N–H and O–H groups in total. The molecule has 1 aromatic heterocycles. The summed E-state index contributed by atoms with van der Waals surface area (Å²) >= 11 is 0. The summed E-state index contributed by atoms with van der Waals surface area (Å²) in [6.45, 7) is 4.44. The molecule has 2 aromatic rings. The number of benzene rings is 1. The van der Waals surface area contributed by atoms with Crippen LogP contribution in [0.4, 0.5) is 0 Å². The van der Waals surface area contributed by atoms with E-state index < -0.39 is 0 Å². The highest BCUT2D eigenvalue weighted by molar-refractivity contribution is 5.91. The fraction of sp³-hybridized carbons (Fsp3) is 0.421. The number of hydrogen-bond donors (Lipinski definition) is 1. The molecule has 3 rings (SSSR count). The Bertz CT molecular complexity index is 689. The van der Waals surface area contributed by atoms with Crippen LogP contribution < -0.4 is 10.1 Å². The Morgan fingerprint density at radius 3 is 2.67 bits per heavy atom. The second kappa shape index (κ2) is 7.53. The van der Waals surface area contributed by atoms with Crippen LogP contribution in [0.2, 0.25) is 0 Å². The van der Waals surface area contributed by atoms with E-state index in [2.05, 4.69) is 16.3 Å². The first-order chi connectivity index (χ1) is 11.7. The SMILES string of the molecule is COc1ccccc1C(CNC(=O)c1ccc(C)o1)N1CCCC1. The van der Waals surface area contributed by atoms with Crippen LogP contribution in [0.25, 0.3) is 0 Å². The van der Waals surface area contributed by atoms with Gasteiger partial charge < -0.3 is 14.5 Å². The lowest BCUT2D eigenvalue weighted by Gasteiger charge is -2.29. The van der Waals surface area contributed by atoms with Gasteiger partial charge in [-0.1, -0.05) is 18.2 Å². The number of nitrogens with zero attached hydrogens (tertiary/aromatic N) is 1. The van der Waals surface area contributed by atoms with E-state index in [1.54, 1.807) is 19.2 Å². The summed E-state index contributed by atoms with van der Waals surface area (Å²) in [6, 6.07) is 11.6. The molecule has 1 amide bonds. The summed E-state index contributed by atoms with van der Waals surface area (Å²) in [4.78, 5) is 14.7. The maximum atomic E-state index is 12.3. The summed E-state index contributed by atoms with van der Waals surface area (Å²) in [5, 5.41) is 3.01. The highest BCUT2D eigenvalue weighted by Gasteiger charge is 2.26. The van der Waals surface area contributed by atoms with Crippen LogP contribution in [0.3, 0.4) is 0 Å². The van der Waals surface area contributed by atoms with Crippen LogP contribution >= 0.6 is 0 Å². The van der Waals surface area contributed by atoms with Gasteiger partial charge in [0.05, 0.1) is 13.2 Å². The minimum absolute atomic E-state index is 0.101. The molecule has 24 heavy (non-hydrogen) atoms. The Labute approximate surface area is 142 Å². The number of para-hydroxylation sites is 1. The van der Waals surface area contributed by atoms with E-state index in [-0.39, 0.29) is 11.9 Å². The maximum Gasteiger partial charge on any atom is 0.287 e. The molecule has 5 nitrogen and oxygen atoms in total. The number of hydrogen-bond acceptors (Lipinski definition) is 4. The van der Waals surface area contributed by atoms with E-state index in [1.807, 2.05) is 25.1 Å². The van der Waals surface area contributed by atoms with Gasteiger partial charge in [0.2, 0.25) is 0 Å². The molecule has 1 atom stereocenters. The van der Waals surface area contributed by atoms with Gasteiger partial charge in [-0.15, -0.1) is 0 Å². The first kappa shape index (κ1) is 16.6. The number of likely N-dealkylation sites (tertiary alicyclic amines) is 1. The number of furan rings is 1. The third kappa shape index (κ3) is 3.62. The van der Waals surface area contributed by atoms with Crippen molar-refractivity contribution in [1.29, 1.82) is 0 Å². The van der Waals surface area contributed by atoms with Crippen molar-refractivity contribution >= 4 is 5.91 Å². The zero-order valence-electron chi connectivity index (χ0n) is 14.2. The fourth-order valence-electron chi connectivity index (χ4n) is 3.26. The van der Waals surface area contributed by atoms with Crippen molar-refractivity contribution in [3.63, 3.8) is 0 Å². The second-order valence-electron chi connectivity index (χ2n) is 6.12. The van der Waals surface area contributed by atoms with Gasteiger partial charge in [0, 0.05) is 12.1 Å². The maximum absolute atomic E-state index is 12.3. The molecule has 1 aromatic carbocycles. The number of ether oxygens (including phenoxy) is 1. The number of aryl methyl sites for hydroxylation is 1. The van der Waals surface area contributed by atoms with Gasteiger partial charge in [0.25, 0.3) is 5.91 Å². The first-order valence-electron chi connectivity index (χ1n) is 8.40. The summed E-state index contributed by atoms with van der Waals surface area (Å²) in [6.07, 6.45) is 2.38. The number of carbonyl (C=O) groups is 1. The standard InChI is InChI=1S/C19H24N2O3/c1-14-9-10-18(24-14)19(22)20-13-16(21-11-5-6-12-21)15-7-3-4-8-17(15)23-2/h3-4,7-10,16H,5-6,11-13H2,1-2H3,(H,20,22). The molecular weight excluding hydrogens is 304 g/mol. The molecule has 128 valence electrons. The van der Waals surface area contributed by atoms with Gasteiger partial charge in [-0.05, 0) is 51.1 Å². The van der Waals surface area contributed by atoms with E-state index in [0.29, 0.717) is 12.3 Å². The van der Waals surface area contributed by atoms with E-state index in [4.69, 9.17) is 9.15 Å². The molecule has 1 fully saturated rings. The second-order valence-corrected chi connectivity index (χ2v) is 6.12. The lowest BCUT2D eigenvalue weighted by atomic mass is 10.0. The summed E-state index contributed by atoms with van der Waals surface area (Å²) in [5.74, 6) is 1.77. The van der Waals surface area contributed by atoms with Gasteiger partial charge in [-0.3, -0.25) is 9.69 Å². The number of nitrogens with one attached hydrogen (secondary N) is 1. The zero-order valence-corrected chi connectivity index (χ0v) is 14.2. The third-order valence-corrected chi connectivity index (χ3v) is 4.50. The van der Waals surface area contributed by atoms with Gasteiger partial charge >= 0.3 is 0 Å². The monoisotopic (exact) mass is 328 g/mol. The summed E-state index contributed by atoms with van der Waals surface area (Å²) < 4.78 is 10.9. The third-order valence-electron chi connectivity index (χ3n) is 4.50. The molecule has 0 aliphatic carbocycles.